The fraction of sp³-hybridized carbons (Fsp3) is 0.120. The van der Waals surface area contributed by atoms with Crippen LogP contribution in [-0.4, -0.2) is 7.11 Å². The minimum atomic E-state index is -0.0849. The lowest BCUT2D eigenvalue weighted by Crippen LogP contribution is -2.05. The van der Waals surface area contributed by atoms with Crippen molar-refractivity contribution in [3.8, 4) is 0 Å². The first kappa shape index (κ1) is 17.7. The van der Waals surface area contributed by atoms with Gasteiger partial charge >= 0.3 is 0 Å². The molecule has 0 saturated carbocycles. The predicted octanol–water partition coefficient (Wildman–Crippen LogP) is 6.36. The van der Waals surface area contributed by atoms with E-state index in [-0.39, 0.29) is 10.9 Å². The highest BCUT2D eigenvalue weighted by Gasteiger charge is 2.28. The molecule has 0 aromatic heterocycles. The second-order valence-electron chi connectivity index (χ2n) is 6.51. The Morgan fingerprint density at radius 2 is 1.30 bits per heavy atom. The van der Waals surface area contributed by atoms with E-state index in [1.807, 2.05) is 0 Å². The van der Waals surface area contributed by atoms with E-state index in [0.29, 0.717) is 5.92 Å². The van der Waals surface area contributed by atoms with Crippen LogP contribution in [0.25, 0.3) is 0 Å². The fourth-order valence-electron chi connectivity index (χ4n) is 3.37. The monoisotopic (exact) mass is 371 g/mol. The molecule has 27 heavy (non-hydrogen) atoms. The van der Waals surface area contributed by atoms with Crippen LogP contribution in [0.3, 0.4) is 0 Å². The van der Waals surface area contributed by atoms with E-state index in [2.05, 4.69) is 103 Å². The van der Waals surface area contributed by atoms with Crippen molar-refractivity contribution in [2.75, 3.05) is 7.11 Å². The topological polar surface area (TPSA) is 9.23 Å². The Labute approximate surface area is 164 Å². The molecule has 1 atom stereocenters. The summed E-state index contributed by atoms with van der Waals surface area (Å²) in [7, 11) is 1.64. The normalized spacial score (nSPS) is 16.2. The molecule has 0 fully saturated rings. The van der Waals surface area contributed by atoms with Gasteiger partial charge in [-0.2, -0.15) is 0 Å². The smallest absolute Gasteiger partial charge is 0.166 e. The van der Waals surface area contributed by atoms with Gasteiger partial charge in [0.2, 0.25) is 0 Å². The van der Waals surface area contributed by atoms with Crippen molar-refractivity contribution in [1.29, 1.82) is 0 Å². The van der Waals surface area contributed by atoms with Crippen LogP contribution in [0.2, 0.25) is 0 Å². The first-order chi connectivity index (χ1) is 13.3. The van der Waals surface area contributed by atoms with Crippen molar-refractivity contribution in [3.05, 3.63) is 114 Å². The molecule has 1 unspecified atom stereocenters. The maximum absolute atomic E-state index is 5.30. The Hall–Kier alpha value is -2.71. The lowest BCUT2D eigenvalue weighted by Gasteiger charge is -2.16. The fourth-order valence-corrected chi connectivity index (χ4v) is 5.46. The van der Waals surface area contributed by atoms with Gasteiger partial charge in [-0.1, -0.05) is 54.6 Å². The molecule has 3 aromatic carbocycles. The van der Waals surface area contributed by atoms with E-state index in [4.69, 9.17) is 4.74 Å². The summed E-state index contributed by atoms with van der Waals surface area (Å²) in [5.74, 6) is 1.38. The third-order valence-electron chi connectivity index (χ3n) is 4.80. The maximum atomic E-state index is 5.30. The molecule has 1 aliphatic rings. The third kappa shape index (κ3) is 4.01. The SMILES string of the molecule is COC1=CCC(c2ccc([S+](c3ccccc3)c3ccccc3)cc2)C=C1. The van der Waals surface area contributed by atoms with Crippen molar-refractivity contribution < 1.29 is 4.74 Å². The highest BCUT2D eigenvalue weighted by Crippen LogP contribution is 2.33. The summed E-state index contributed by atoms with van der Waals surface area (Å²) in [6.07, 6.45) is 7.46. The standard InChI is InChI=1S/C25H23OS/c1-26-22-16-12-20(13-17-22)21-14-18-25(19-15-21)27(23-8-4-2-5-9-23)24-10-6-3-7-11-24/h2-12,14-20H,13H2,1H3/q+1. The van der Waals surface area contributed by atoms with Crippen molar-refractivity contribution >= 4 is 10.9 Å². The molecule has 4 rings (SSSR count). The second kappa shape index (κ2) is 8.32. The summed E-state index contributed by atoms with van der Waals surface area (Å²) in [5, 5.41) is 0. The van der Waals surface area contributed by atoms with Gasteiger partial charge in [0.25, 0.3) is 0 Å². The van der Waals surface area contributed by atoms with Gasteiger partial charge in [-0.25, -0.2) is 0 Å². The zero-order valence-electron chi connectivity index (χ0n) is 15.4. The van der Waals surface area contributed by atoms with Crippen LogP contribution in [0.15, 0.2) is 124 Å². The van der Waals surface area contributed by atoms with Gasteiger partial charge in [0.15, 0.2) is 14.7 Å². The lowest BCUT2D eigenvalue weighted by atomic mass is 9.92. The third-order valence-corrected chi connectivity index (χ3v) is 7.03. The van der Waals surface area contributed by atoms with Crippen LogP contribution in [0.4, 0.5) is 0 Å². The lowest BCUT2D eigenvalue weighted by molar-refractivity contribution is 0.303. The Morgan fingerprint density at radius 1 is 0.741 bits per heavy atom. The zero-order chi connectivity index (χ0) is 18.5. The number of allylic oxidation sites excluding steroid dienone is 3. The highest BCUT2D eigenvalue weighted by atomic mass is 32.2. The quantitative estimate of drug-likeness (QED) is 0.474. The molecule has 0 saturated heterocycles. The van der Waals surface area contributed by atoms with Crippen LogP contribution in [0, 0.1) is 0 Å². The number of ether oxygens (including phenoxy) is 1. The number of hydrogen-bond donors (Lipinski definition) is 0. The van der Waals surface area contributed by atoms with E-state index in [1.54, 1.807) is 7.11 Å². The summed E-state index contributed by atoms with van der Waals surface area (Å²) in [5.41, 5.74) is 1.35. The first-order valence-electron chi connectivity index (χ1n) is 9.22. The van der Waals surface area contributed by atoms with Gasteiger partial charge in [-0.05, 0) is 60.5 Å². The minimum Gasteiger partial charge on any atom is -0.497 e. The molecule has 0 spiro atoms. The summed E-state index contributed by atoms with van der Waals surface area (Å²) < 4.78 is 5.30. The summed E-state index contributed by atoms with van der Waals surface area (Å²) in [6.45, 7) is 0. The van der Waals surface area contributed by atoms with Crippen LogP contribution in [0.1, 0.15) is 17.9 Å². The zero-order valence-corrected chi connectivity index (χ0v) is 16.2. The number of methoxy groups -OCH3 is 1. The molecular weight excluding hydrogens is 348 g/mol. The molecule has 2 heteroatoms. The highest BCUT2D eigenvalue weighted by molar-refractivity contribution is 7.97. The Bertz CT molecular complexity index is 888. The first-order valence-corrected chi connectivity index (χ1v) is 10.4. The van der Waals surface area contributed by atoms with Gasteiger partial charge in [0.1, 0.15) is 5.76 Å². The van der Waals surface area contributed by atoms with Crippen molar-refractivity contribution in [2.45, 2.75) is 27.0 Å². The second-order valence-corrected chi connectivity index (χ2v) is 8.54. The molecule has 1 aliphatic carbocycles. The summed E-state index contributed by atoms with van der Waals surface area (Å²) in [6, 6.07) is 30.7. The summed E-state index contributed by atoms with van der Waals surface area (Å²) >= 11 is 0. The molecule has 0 bridgehead atoms. The van der Waals surface area contributed by atoms with Crippen molar-refractivity contribution in [3.63, 3.8) is 0 Å². The van der Waals surface area contributed by atoms with Gasteiger partial charge in [-0.15, -0.1) is 0 Å². The van der Waals surface area contributed by atoms with Gasteiger partial charge in [-0.3, -0.25) is 0 Å². The Kier molecular flexibility index (Phi) is 5.45. The van der Waals surface area contributed by atoms with Gasteiger partial charge in [0, 0.05) is 5.92 Å². The van der Waals surface area contributed by atoms with E-state index < -0.39 is 0 Å². The van der Waals surface area contributed by atoms with Crippen molar-refractivity contribution in [1.82, 2.24) is 0 Å². The molecule has 134 valence electrons. The van der Waals surface area contributed by atoms with Gasteiger partial charge < -0.3 is 4.74 Å². The van der Waals surface area contributed by atoms with Crippen LogP contribution < -0.4 is 0 Å². The van der Waals surface area contributed by atoms with Crippen LogP contribution in [-0.2, 0) is 15.6 Å². The average Bonchev–Trinajstić information content (AvgIpc) is 2.76. The largest absolute Gasteiger partial charge is 0.497 e. The minimum absolute atomic E-state index is 0.0849. The maximum Gasteiger partial charge on any atom is 0.166 e. The van der Waals surface area contributed by atoms with E-state index in [0.717, 1.165) is 12.2 Å². The van der Waals surface area contributed by atoms with E-state index in [9.17, 15) is 0 Å². The average molecular weight is 372 g/mol. The van der Waals surface area contributed by atoms with Crippen LogP contribution in [0.5, 0.6) is 0 Å². The number of hydrogen-bond acceptors (Lipinski definition) is 1. The molecule has 0 radical (unpaired) electrons. The molecule has 1 nitrogen and oxygen atoms in total. The number of benzene rings is 3. The van der Waals surface area contributed by atoms with Gasteiger partial charge in [0.05, 0.1) is 18.0 Å². The molecular formula is C25H23OS+. The van der Waals surface area contributed by atoms with Crippen LogP contribution >= 0.6 is 0 Å². The molecule has 0 aliphatic heterocycles. The molecule has 0 amide bonds. The molecule has 0 N–H and O–H groups in total. The van der Waals surface area contributed by atoms with E-state index in [1.165, 1.54) is 20.2 Å². The van der Waals surface area contributed by atoms with E-state index >= 15 is 0 Å². The Morgan fingerprint density at radius 3 is 1.78 bits per heavy atom. The molecule has 3 aromatic rings. The summed E-state index contributed by atoms with van der Waals surface area (Å²) in [4.78, 5) is 4.05. The number of rotatable bonds is 5. The molecule has 0 heterocycles. The van der Waals surface area contributed by atoms with Crippen molar-refractivity contribution in [2.24, 2.45) is 0 Å². The predicted molar refractivity (Wildman–Crippen MR) is 113 cm³/mol. The Balaban J connectivity index is 1.64.